The summed E-state index contributed by atoms with van der Waals surface area (Å²) in [4.78, 5) is 11.9. The summed E-state index contributed by atoms with van der Waals surface area (Å²) in [6.07, 6.45) is 10.2. The van der Waals surface area contributed by atoms with Crippen molar-refractivity contribution >= 4 is 5.78 Å². The summed E-state index contributed by atoms with van der Waals surface area (Å²) >= 11 is 0. The first-order valence-corrected chi connectivity index (χ1v) is 10.8. The van der Waals surface area contributed by atoms with Crippen molar-refractivity contribution in [1.82, 2.24) is 15.0 Å². The number of hydrogen-bond donors (Lipinski definition) is 2. The number of aromatic nitrogens is 3. The van der Waals surface area contributed by atoms with Gasteiger partial charge in [0.2, 0.25) is 0 Å². The first kappa shape index (κ1) is 18.5. The van der Waals surface area contributed by atoms with Gasteiger partial charge in [0.15, 0.2) is 5.78 Å². The Balaban J connectivity index is 1.49. The highest BCUT2D eigenvalue weighted by molar-refractivity contribution is 5.91. The van der Waals surface area contributed by atoms with Crippen LogP contribution >= 0.6 is 0 Å². The maximum atomic E-state index is 11.9. The van der Waals surface area contributed by atoms with Gasteiger partial charge in [-0.25, -0.2) is 4.68 Å². The molecule has 0 aromatic carbocycles. The molecule has 1 aromatic heterocycles. The maximum Gasteiger partial charge on any atom is 0.155 e. The number of aliphatic hydroxyl groups excluding tert-OH is 1. The lowest BCUT2D eigenvalue weighted by Gasteiger charge is -2.57. The monoisotopic (exact) mass is 385 g/mol. The highest BCUT2D eigenvalue weighted by Crippen LogP contribution is 2.68. The molecule has 4 unspecified atom stereocenters. The van der Waals surface area contributed by atoms with Crippen LogP contribution in [0.4, 0.5) is 0 Å². The van der Waals surface area contributed by atoms with Crippen LogP contribution in [-0.2, 0) is 17.1 Å². The minimum atomic E-state index is -0.978. The molecular weight excluding hydrogens is 354 g/mol. The summed E-state index contributed by atoms with van der Waals surface area (Å²) in [7, 11) is 0. The Morgan fingerprint density at radius 1 is 1.29 bits per heavy atom. The second-order valence-electron chi connectivity index (χ2n) is 10.00. The number of carbonyl (C=O) groups excluding carboxylic acids is 1. The molecule has 0 aliphatic heterocycles. The molecule has 4 aliphatic carbocycles. The van der Waals surface area contributed by atoms with Crippen LogP contribution in [0.25, 0.3) is 0 Å². The number of aliphatic hydroxyl groups is 2. The smallest absolute Gasteiger partial charge is 0.155 e. The summed E-state index contributed by atoms with van der Waals surface area (Å²) in [6.45, 7) is 4.38. The van der Waals surface area contributed by atoms with Crippen molar-refractivity contribution < 1.29 is 15.0 Å². The highest BCUT2D eigenvalue weighted by Gasteiger charge is 2.64. The molecule has 6 heteroatoms. The molecule has 3 fully saturated rings. The maximum absolute atomic E-state index is 11.9. The van der Waals surface area contributed by atoms with Crippen molar-refractivity contribution in [2.24, 2.45) is 35.0 Å². The lowest BCUT2D eigenvalue weighted by atomic mass is 9.48. The second-order valence-corrected chi connectivity index (χ2v) is 10.00. The zero-order chi connectivity index (χ0) is 19.7. The average molecular weight is 386 g/mol. The molecule has 0 saturated heterocycles. The predicted octanol–water partition coefficient (Wildman–Crippen LogP) is 2.80. The molecule has 0 radical (unpaired) electrons. The zero-order valence-corrected chi connectivity index (χ0v) is 16.8. The fourth-order valence-electron chi connectivity index (χ4n) is 7.58. The third-order valence-corrected chi connectivity index (χ3v) is 8.90. The molecule has 2 N–H and O–H groups in total. The molecule has 152 valence electrons. The van der Waals surface area contributed by atoms with Crippen molar-refractivity contribution in [3.05, 3.63) is 23.5 Å². The molecule has 28 heavy (non-hydrogen) atoms. The van der Waals surface area contributed by atoms with Gasteiger partial charge >= 0.3 is 0 Å². The Labute approximate surface area is 166 Å². The van der Waals surface area contributed by atoms with Crippen LogP contribution in [-0.4, -0.2) is 31.0 Å². The van der Waals surface area contributed by atoms with E-state index in [0.717, 1.165) is 32.1 Å². The van der Waals surface area contributed by atoms with Gasteiger partial charge in [-0.3, -0.25) is 4.79 Å². The van der Waals surface area contributed by atoms with Gasteiger partial charge in [0.05, 0.1) is 6.20 Å². The van der Waals surface area contributed by atoms with Crippen molar-refractivity contribution in [3.8, 4) is 0 Å². The molecule has 0 spiro atoms. The molecule has 4 aliphatic rings. The Bertz CT molecular complexity index is 833. The number of fused-ring (bicyclic) bond motifs is 5. The first-order chi connectivity index (χ1) is 13.4. The van der Waals surface area contributed by atoms with Gasteiger partial charge < -0.3 is 10.2 Å². The van der Waals surface area contributed by atoms with Crippen LogP contribution in [0, 0.1) is 35.0 Å². The Hall–Kier alpha value is -1.53. The second kappa shape index (κ2) is 6.23. The predicted molar refractivity (Wildman–Crippen MR) is 103 cm³/mol. The van der Waals surface area contributed by atoms with Gasteiger partial charge in [0.1, 0.15) is 18.0 Å². The van der Waals surface area contributed by atoms with E-state index in [4.69, 9.17) is 0 Å². The van der Waals surface area contributed by atoms with Crippen LogP contribution < -0.4 is 0 Å². The lowest BCUT2D eigenvalue weighted by molar-refractivity contribution is -0.134. The van der Waals surface area contributed by atoms with Crippen LogP contribution in [0.5, 0.6) is 0 Å². The molecule has 1 heterocycles. The summed E-state index contributed by atoms with van der Waals surface area (Å²) in [5.74, 6) is 3.10. The topological polar surface area (TPSA) is 88.2 Å². The largest absolute Gasteiger partial charge is 0.383 e. The summed E-state index contributed by atoms with van der Waals surface area (Å²) in [6, 6.07) is 0. The van der Waals surface area contributed by atoms with E-state index in [2.05, 4.69) is 24.2 Å². The van der Waals surface area contributed by atoms with Crippen molar-refractivity contribution in [3.63, 3.8) is 0 Å². The number of ketones is 1. The van der Waals surface area contributed by atoms with Gasteiger partial charge in [0, 0.05) is 11.8 Å². The Morgan fingerprint density at radius 3 is 2.86 bits per heavy atom. The summed E-state index contributed by atoms with van der Waals surface area (Å²) in [5.41, 5.74) is 0.809. The fraction of sp³-hybridized carbons (Fsp3) is 0.773. The minimum absolute atomic E-state index is 0.218. The number of hydrogen-bond acceptors (Lipinski definition) is 5. The summed E-state index contributed by atoms with van der Waals surface area (Å²) < 4.78 is 1.38. The number of nitrogens with zero attached hydrogens (tertiary/aromatic N) is 3. The van der Waals surface area contributed by atoms with Crippen LogP contribution in [0.2, 0.25) is 0 Å². The highest BCUT2D eigenvalue weighted by atomic mass is 16.3. The van der Waals surface area contributed by atoms with Gasteiger partial charge in [-0.1, -0.05) is 24.6 Å². The molecule has 1 aromatic rings. The average Bonchev–Trinajstić information content (AvgIpc) is 3.25. The molecule has 0 bridgehead atoms. The van der Waals surface area contributed by atoms with E-state index in [9.17, 15) is 15.0 Å². The van der Waals surface area contributed by atoms with Gasteiger partial charge in [-0.2, -0.15) is 0 Å². The van der Waals surface area contributed by atoms with Gasteiger partial charge in [0.25, 0.3) is 0 Å². The van der Waals surface area contributed by atoms with E-state index in [-0.39, 0.29) is 12.1 Å². The third-order valence-electron chi connectivity index (χ3n) is 8.90. The molecule has 5 rings (SSSR count). The van der Waals surface area contributed by atoms with E-state index < -0.39 is 5.60 Å². The fourth-order valence-corrected chi connectivity index (χ4v) is 7.58. The van der Waals surface area contributed by atoms with Gasteiger partial charge in [-0.15, -0.1) is 5.10 Å². The Morgan fingerprint density at radius 2 is 2.11 bits per heavy atom. The number of carbonyl (C=O) groups is 1. The SMILES string of the molecule is C[C@@H]1CC2=CC(=O)CCC2C2CC[C@@]3(C)C(CC[C@@]3(O)c3cn(CO)nn3)C21. The minimum Gasteiger partial charge on any atom is -0.383 e. The van der Waals surface area contributed by atoms with Crippen LogP contribution in [0.1, 0.15) is 64.5 Å². The van der Waals surface area contributed by atoms with E-state index >= 15 is 0 Å². The number of allylic oxidation sites excluding steroid dienone is 1. The molecule has 3 saturated carbocycles. The van der Waals surface area contributed by atoms with E-state index in [0.29, 0.717) is 53.9 Å². The van der Waals surface area contributed by atoms with E-state index in [1.165, 1.54) is 10.3 Å². The third kappa shape index (κ3) is 2.37. The normalized spacial score (nSPS) is 45.2. The van der Waals surface area contributed by atoms with E-state index in [1.54, 1.807) is 6.20 Å². The molecule has 7 atom stereocenters. The number of rotatable bonds is 2. The standard InChI is InChI=1S/C22H31N3O3/c1-13-9-14-10-15(27)3-4-16(14)17-5-7-21(2)18(20(13)17)6-8-22(21,28)19-11-25(12-26)24-23-19/h10-11,13,16-18,20,26,28H,3-9,12H2,1-2H3/t13-,16?,17?,18?,20?,21+,22-/m1/s1. The van der Waals surface area contributed by atoms with Crippen molar-refractivity contribution in [2.45, 2.75) is 71.1 Å². The van der Waals surface area contributed by atoms with E-state index in [1.807, 2.05) is 6.08 Å². The first-order valence-electron chi connectivity index (χ1n) is 10.8. The molecule has 0 amide bonds. The van der Waals surface area contributed by atoms with Crippen LogP contribution in [0.15, 0.2) is 17.8 Å². The molecular formula is C22H31N3O3. The van der Waals surface area contributed by atoms with Crippen molar-refractivity contribution in [1.29, 1.82) is 0 Å². The quantitative estimate of drug-likeness (QED) is 0.817. The molecule has 6 nitrogen and oxygen atoms in total. The summed E-state index contributed by atoms with van der Waals surface area (Å²) in [5, 5.41) is 29.4. The van der Waals surface area contributed by atoms with Gasteiger partial charge in [-0.05, 0) is 74.2 Å². The zero-order valence-electron chi connectivity index (χ0n) is 16.8. The Kier molecular flexibility index (Phi) is 4.12. The van der Waals surface area contributed by atoms with Crippen LogP contribution in [0.3, 0.4) is 0 Å². The van der Waals surface area contributed by atoms with Crippen molar-refractivity contribution in [2.75, 3.05) is 0 Å². The lowest BCUT2D eigenvalue weighted by Crippen LogP contribution is -2.53.